The SMILES string of the molecule is CC1(C)[C@H](C=C(Cl)Cl)[C@@H]1C(=O)Cc1cccc(Oc2ccccc2)c1. The van der Waals surface area contributed by atoms with Gasteiger partial charge in [0.25, 0.3) is 0 Å². The van der Waals surface area contributed by atoms with E-state index in [1.165, 1.54) is 0 Å². The van der Waals surface area contributed by atoms with Gasteiger partial charge >= 0.3 is 0 Å². The van der Waals surface area contributed by atoms with E-state index in [1.54, 1.807) is 6.08 Å². The first kappa shape index (κ1) is 18.0. The van der Waals surface area contributed by atoms with Crippen molar-refractivity contribution in [3.8, 4) is 11.5 Å². The van der Waals surface area contributed by atoms with Gasteiger partial charge in [-0.15, -0.1) is 0 Å². The topological polar surface area (TPSA) is 26.3 Å². The zero-order valence-electron chi connectivity index (χ0n) is 14.2. The molecule has 0 N–H and O–H groups in total. The Balaban J connectivity index is 1.68. The smallest absolute Gasteiger partial charge is 0.141 e. The van der Waals surface area contributed by atoms with Crippen molar-refractivity contribution in [3.05, 3.63) is 70.7 Å². The van der Waals surface area contributed by atoms with Crippen molar-refractivity contribution in [2.75, 3.05) is 0 Å². The van der Waals surface area contributed by atoms with Crippen molar-refractivity contribution in [1.29, 1.82) is 0 Å². The quantitative estimate of drug-likeness (QED) is 0.602. The second kappa shape index (κ2) is 7.23. The van der Waals surface area contributed by atoms with Crippen LogP contribution >= 0.6 is 23.2 Å². The number of carbonyl (C=O) groups is 1. The summed E-state index contributed by atoms with van der Waals surface area (Å²) in [7, 11) is 0. The highest BCUT2D eigenvalue weighted by molar-refractivity contribution is 6.55. The summed E-state index contributed by atoms with van der Waals surface area (Å²) in [5, 5.41) is 0. The predicted molar refractivity (Wildman–Crippen MR) is 102 cm³/mol. The molecular weight excluding hydrogens is 355 g/mol. The van der Waals surface area contributed by atoms with Crippen LogP contribution < -0.4 is 4.74 Å². The molecule has 4 heteroatoms. The summed E-state index contributed by atoms with van der Waals surface area (Å²) in [6, 6.07) is 17.3. The summed E-state index contributed by atoms with van der Waals surface area (Å²) in [5.41, 5.74) is 0.852. The van der Waals surface area contributed by atoms with Crippen molar-refractivity contribution in [2.45, 2.75) is 20.3 Å². The summed E-state index contributed by atoms with van der Waals surface area (Å²) < 4.78 is 6.06. The first-order valence-corrected chi connectivity index (χ1v) is 9.01. The molecule has 3 rings (SSSR count). The third-order valence-corrected chi connectivity index (χ3v) is 5.07. The molecule has 1 saturated carbocycles. The van der Waals surface area contributed by atoms with Crippen LogP contribution in [-0.2, 0) is 11.2 Å². The van der Waals surface area contributed by atoms with Crippen LogP contribution in [-0.4, -0.2) is 5.78 Å². The Bertz CT molecular complexity index is 793. The van der Waals surface area contributed by atoms with Gasteiger partial charge in [0.2, 0.25) is 0 Å². The molecule has 0 bridgehead atoms. The number of halogens is 2. The maximum absolute atomic E-state index is 12.7. The van der Waals surface area contributed by atoms with Crippen LogP contribution in [0.5, 0.6) is 11.5 Å². The summed E-state index contributed by atoms with van der Waals surface area (Å²) in [5.74, 6) is 1.77. The molecule has 130 valence electrons. The summed E-state index contributed by atoms with van der Waals surface area (Å²) in [6.07, 6.45) is 2.16. The monoisotopic (exact) mass is 374 g/mol. The van der Waals surface area contributed by atoms with Gasteiger partial charge in [-0.25, -0.2) is 0 Å². The number of Topliss-reactive ketones (excluding diaryl/α,β-unsaturated/α-hetero) is 1. The minimum absolute atomic E-state index is 0.0429. The Morgan fingerprint density at radius 2 is 1.76 bits per heavy atom. The lowest BCUT2D eigenvalue weighted by atomic mass is 10.0. The van der Waals surface area contributed by atoms with Gasteiger partial charge in [-0.1, -0.05) is 67.4 Å². The van der Waals surface area contributed by atoms with E-state index in [1.807, 2.05) is 54.6 Å². The Labute approximate surface area is 158 Å². The first-order chi connectivity index (χ1) is 11.9. The molecule has 25 heavy (non-hydrogen) atoms. The van der Waals surface area contributed by atoms with Gasteiger partial charge in [-0.3, -0.25) is 4.79 Å². The molecule has 2 aromatic carbocycles. The predicted octanol–water partition coefficient (Wildman–Crippen LogP) is 6.18. The number of para-hydroxylation sites is 1. The van der Waals surface area contributed by atoms with Gasteiger partial charge in [0, 0.05) is 12.3 Å². The average Bonchev–Trinajstić information content (AvgIpc) is 3.08. The van der Waals surface area contributed by atoms with E-state index in [0.29, 0.717) is 6.42 Å². The van der Waals surface area contributed by atoms with Crippen molar-refractivity contribution >= 4 is 29.0 Å². The van der Waals surface area contributed by atoms with E-state index in [-0.39, 0.29) is 27.5 Å². The first-order valence-electron chi connectivity index (χ1n) is 8.25. The fraction of sp³-hybridized carbons (Fsp3) is 0.286. The van der Waals surface area contributed by atoms with Gasteiger partial charge < -0.3 is 4.74 Å². The second-order valence-corrected chi connectivity index (χ2v) is 7.99. The molecule has 0 aromatic heterocycles. The third-order valence-electron chi connectivity index (χ3n) is 4.82. The maximum atomic E-state index is 12.7. The van der Waals surface area contributed by atoms with E-state index >= 15 is 0 Å². The minimum atomic E-state index is -0.0930. The van der Waals surface area contributed by atoms with Crippen molar-refractivity contribution < 1.29 is 9.53 Å². The molecule has 0 heterocycles. The molecule has 1 fully saturated rings. The van der Waals surface area contributed by atoms with E-state index in [4.69, 9.17) is 27.9 Å². The number of ketones is 1. The summed E-state index contributed by atoms with van der Waals surface area (Å²) >= 11 is 11.5. The van der Waals surface area contributed by atoms with E-state index in [0.717, 1.165) is 17.1 Å². The van der Waals surface area contributed by atoms with Crippen LogP contribution in [0.4, 0.5) is 0 Å². The largest absolute Gasteiger partial charge is 0.457 e. The highest BCUT2D eigenvalue weighted by atomic mass is 35.5. The van der Waals surface area contributed by atoms with Crippen LogP contribution in [0.2, 0.25) is 0 Å². The van der Waals surface area contributed by atoms with Gasteiger partial charge in [-0.2, -0.15) is 0 Å². The molecule has 2 nitrogen and oxygen atoms in total. The fourth-order valence-corrected chi connectivity index (χ4v) is 3.67. The molecule has 0 unspecified atom stereocenters. The maximum Gasteiger partial charge on any atom is 0.141 e. The molecule has 0 radical (unpaired) electrons. The third kappa shape index (κ3) is 4.26. The number of rotatable bonds is 6. The van der Waals surface area contributed by atoms with Gasteiger partial charge in [0.1, 0.15) is 21.8 Å². The van der Waals surface area contributed by atoms with Crippen molar-refractivity contribution in [1.82, 2.24) is 0 Å². The molecule has 1 aliphatic carbocycles. The van der Waals surface area contributed by atoms with E-state index in [2.05, 4.69) is 13.8 Å². The van der Waals surface area contributed by atoms with Gasteiger partial charge in [-0.05, 0) is 47.2 Å². The lowest BCUT2D eigenvalue weighted by Gasteiger charge is -2.08. The Hall–Kier alpha value is -1.77. The lowest BCUT2D eigenvalue weighted by Crippen LogP contribution is -2.09. The van der Waals surface area contributed by atoms with Crippen LogP contribution in [0, 0.1) is 17.3 Å². The minimum Gasteiger partial charge on any atom is -0.457 e. The number of allylic oxidation sites excluding steroid dienone is 1. The highest BCUT2D eigenvalue weighted by Gasteiger charge is 2.59. The molecule has 2 aromatic rings. The summed E-state index contributed by atoms with van der Waals surface area (Å²) in [6.45, 7) is 4.14. The highest BCUT2D eigenvalue weighted by Crippen LogP contribution is 2.60. The van der Waals surface area contributed by atoms with Crippen LogP contribution in [0.1, 0.15) is 19.4 Å². The Kier molecular flexibility index (Phi) is 5.21. The molecule has 0 spiro atoms. The van der Waals surface area contributed by atoms with Crippen LogP contribution in [0.25, 0.3) is 0 Å². The average molecular weight is 375 g/mol. The van der Waals surface area contributed by atoms with E-state index in [9.17, 15) is 4.79 Å². The van der Waals surface area contributed by atoms with Crippen LogP contribution in [0.3, 0.4) is 0 Å². The summed E-state index contributed by atoms with van der Waals surface area (Å²) in [4.78, 5) is 12.7. The normalized spacial score (nSPS) is 20.6. The Morgan fingerprint density at radius 3 is 2.44 bits per heavy atom. The lowest BCUT2D eigenvalue weighted by molar-refractivity contribution is -0.120. The van der Waals surface area contributed by atoms with Gasteiger partial charge in [0.05, 0.1) is 0 Å². The number of hydrogen-bond acceptors (Lipinski definition) is 2. The molecule has 0 aliphatic heterocycles. The zero-order chi connectivity index (χ0) is 18.0. The second-order valence-electron chi connectivity index (χ2n) is 6.99. The van der Waals surface area contributed by atoms with E-state index < -0.39 is 0 Å². The molecule has 0 saturated heterocycles. The van der Waals surface area contributed by atoms with Crippen LogP contribution in [0.15, 0.2) is 65.2 Å². The number of ether oxygens (including phenoxy) is 1. The number of carbonyl (C=O) groups excluding carboxylic acids is 1. The molecule has 1 aliphatic rings. The molecule has 0 amide bonds. The fourth-order valence-electron chi connectivity index (χ4n) is 3.39. The Morgan fingerprint density at radius 1 is 1.08 bits per heavy atom. The zero-order valence-corrected chi connectivity index (χ0v) is 15.7. The molecular formula is C21H20Cl2O2. The number of benzene rings is 2. The standard InChI is InChI=1S/C21H20Cl2O2/c1-21(2)17(13-19(22)23)20(21)18(24)12-14-7-6-10-16(11-14)25-15-8-4-3-5-9-15/h3-11,13,17,20H,12H2,1-2H3/t17-,20-/m1/s1. The molecule has 2 atom stereocenters. The number of hydrogen-bond donors (Lipinski definition) is 0. The van der Waals surface area contributed by atoms with Crippen molar-refractivity contribution in [3.63, 3.8) is 0 Å². The van der Waals surface area contributed by atoms with Crippen molar-refractivity contribution in [2.24, 2.45) is 17.3 Å². The van der Waals surface area contributed by atoms with Gasteiger partial charge in [0.15, 0.2) is 0 Å².